The number of carbonyl (C=O) groups is 1. The SMILES string of the molecule is O=C(CSc1nc2ccccc2s1)Oc1ccc(Cl)cc1. The summed E-state index contributed by atoms with van der Waals surface area (Å²) in [6.07, 6.45) is 0. The van der Waals surface area contributed by atoms with Crippen molar-refractivity contribution in [2.75, 3.05) is 5.75 Å². The van der Waals surface area contributed by atoms with Gasteiger partial charge in [-0.15, -0.1) is 11.3 Å². The molecule has 6 heteroatoms. The number of carbonyl (C=O) groups excluding carboxylic acids is 1. The highest BCUT2D eigenvalue weighted by Gasteiger charge is 2.09. The third kappa shape index (κ3) is 3.75. The van der Waals surface area contributed by atoms with Crippen LogP contribution in [0.25, 0.3) is 10.2 Å². The number of thiazole rings is 1. The summed E-state index contributed by atoms with van der Waals surface area (Å²) in [5.74, 6) is 0.415. The molecule has 0 aliphatic carbocycles. The van der Waals surface area contributed by atoms with Gasteiger partial charge < -0.3 is 4.74 Å². The van der Waals surface area contributed by atoms with Crippen LogP contribution >= 0.6 is 34.7 Å². The lowest BCUT2D eigenvalue weighted by Gasteiger charge is -2.02. The number of hydrogen-bond donors (Lipinski definition) is 0. The first-order valence-electron chi connectivity index (χ1n) is 6.15. The molecule has 0 unspecified atom stereocenters. The summed E-state index contributed by atoms with van der Waals surface area (Å²) in [7, 11) is 0. The molecule has 0 aliphatic rings. The van der Waals surface area contributed by atoms with Gasteiger partial charge in [0.15, 0.2) is 4.34 Å². The molecule has 3 aromatic rings. The number of esters is 1. The molecule has 0 saturated carbocycles. The van der Waals surface area contributed by atoms with E-state index in [1.54, 1.807) is 35.6 Å². The lowest BCUT2D eigenvalue weighted by molar-refractivity contribution is -0.131. The zero-order chi connectivity index (χ0) is 14.7. The van der Waals surface area contributed by atoms with Gasteiger partial charge in [0.05, 0.1) is 16.0 Å². The molecule has 0 saturated heterocycles. The second-order valence-electron chi connectivity index (χ2n) is 4.16. The fourth-order valence-electron chi connectivity index (χ4n) is 1.70. The number of para-hydroxylation sites is 1. The highest BCUT2D eigenvalue weighted by atomic mass is 35.5. The number of rotatable bonds is 4. The van der Waals surface area contributed by atoms with E-state index in [0.717, 1.165) is 14.6 Å². The quantitative estimate of drug-likeness (QED) is 0.395. The number of ether oxygens (including phenoxy) is 1. The standard InChI is InChI=1S/C15H10ClNO2S2/c16-10-5-7-11(8-6-10)19-14(18)9-20-15-17-12-3-1-2-4-13(12)21-15/h1-8H,9H2. The van der Waals surface area contributed by atoms with Crippen LogP contribution in [-0.4, -0.2) is 16.7 Å². The lowest BCUT2D eigenvalue weighted by Crippen LogP contribution is -2.10. The first-order valence-corrected chi connectivity index (χ1v) is 8.33. The van der Waals surface area contributed by atoms with Crippen LogP contribution < -0.4 is 4.74 Å². The van der Waals surface area contributed by atoms with Gasteiger partial charge in [0.1, 0.15) is 5.75 Å². The van der Waals surface area contributed by atoms with Crippen molar-refractivity contribution in [1.29, 1.82) is 0 Å². The van der Waals surface area contributed by atoms with Crippen LogP contribution in [0.2, 0.25) is 5.02 Å². The van der Waals surface area contributed by atoms with Gasteiger partial charge in [-0.05, 0) is 36.4 Å². The van der Waals surface area contributed by atoms with Crippen LogP contribution in [0.5, 0.6) is 5.75 Å². The summed E-state index contributed by atoms with van der Waals surface area (Å²) < 4.78 is 7.21. The molecular formula is C15H10ClNO2S2. The van der Waals surface area contributed by atoms with Crippen molar-refractivity contribution in [3.8, 4) is 5.75 Å². The van der Waals surface area contributed by atoms with E-state index in [1.165, 1.54) is 11.8 Å². The third-order valence-corrected chi connectivity index (χ3v) is 5.04. The first kappa shape index (κ1) is 14.4. The average Bonchev–Trinajstić information content (AvgIpc) is 2.90. The van der Waals surface area contributed by atoms with Crippen LogP contribution in [0.4, 0.5) is 0 Å². The molecule has 3 nitrogen and oxygen atoms in total. The lowest BCUT2D eigenvalue weighted by atomic mass is 10.3. The molecule has 0 atom stereocenters. The summed E-state index contributed by atoms with van der Waals surface area (Å²) >= 11 is 8.73. The highest BCUT2D eigenvalue weighted by molar-refractivity contribution is 8.01. The Hall–Kier alpha value is -1.56. The number of fused-ring (bicyclic) bond motifs is 1. The Kier molecular flexibility index (Phi) is 4.43. The smallest absolute Gasteiger partial charge is 0.321 e. The Morgan fingerprint density at radius 2 is 1.95 bits per heavy atom. The van der Waals surface area contributed by atoms with E-state index in [-0.39, 0.29) is 11.7 Å². The normalized spacial score (nSPS) is 10.7. The molecule has 0 fully saturated rings. The second kappa shape index (κ2) is 6.47. The van der Waals surface area contributed by atoms with Crippen molar-refractivity contribution in [2.45, 2.75) is 4.34 Å². The third-order valence-electron chi connectivity index (χ3n) is 2.63. The number of halogens is 1. The van der Waals surface area contributed by atoms with E-state index in [1.807, 2.05) is 24.3 Å². The largest absolute Gasteiger partial charge is 0.426 e. The molecular weight excluding hydrogens is 326 g/mol. The van der Waals surface area contributed by atoms with Crippen molar-refractivity contribution >= 4 is 50.9 Å². The highest BCUT2D eigenvalue weighted by Crippen LogP contribution is 2.29. The molecule has 106 valence electrons. The number of aromatic nitrogens is 1. The summed E-state index contributed by atoms with van der Waals surface area (Å²) in [5.41, 5.74) is 0.955. The van der Waals surface area contributed by atoms with Crippen LogP contribution in [0, 0.1) is 0 Å². The van der Waals surface area contributed by atoms with E-state index in [4.69, 9.17) is 16.3 Å². The zero-order valence-electron chi connectivity index (χ0n) is 10.8. The monoisotopic (exact) mass is 335 g/mol. The van der Waals surface area contributed by atoms with E-state index < -0.39 is 0 Å². The van der Waals surface area contributed by atoms with Gasteiger partial charge in [0.25, 0.3) is 0 Å². The van der Waals surface area contributed by atoms with E-state index in [2.05, 4.69) is 4.98 Å². The maximum absolute atomic E-state index is 11.8. The molecule has 0 radical (unpaired) electrons. The van der Waals surface area contributed by atoms with Gasteiger partial charge >= 0.3 is 5.97 Å². The summed E-state index contributed by atoms with van der Waals surface area (Å²) in [6.45, 7) is 0. The van der Waals surface area contributed by atoms with Gasteiger partial charge in [-0.25, -0.2) is 4.98 Å². The molecule has 21 heavy (non-hydrogen) atoms. The molecule has 0 bridgehead atoms. The minimum absolute atomic E-state index is 0.225. The molecule has 1 aromatic heterocycles. The average molecular weight is 336 g/mol. The van der Waals surface area contributed by atoms with Crippen molar-refractivity contribution in [3.05, 3.63) is 53.6 Å². The van der Waals surface area contributed by atoms with Gasteiger partial charge in [-0.2, -0.15) is 0 Å². The molecule has 1 heterocycles. The fourth-order valence-corrected chi connectivity index (χ4v) is 3.66. The summed E-state index contributed by atoms with van der Waals surface area (Å²) in [5, 5.41) is 0.610. The van der Waals surface area contributed by atoms with E-state index in [9.17, 15) is 4.79 Å². The minimum Gasteiger partial charge on any atom is -0.426 e. The second-order valence-corrected chi connectivity index (χ2v) is 6.85. The van der Waals surface area contributed by atoms with Crippen LogP contribution in [0.15, 0.2) is 52.9 Å². The summed E-state index contributed by atoms with van der Waals surface area (Å²) in [4.78, 5) is 16.2. The Bertz CT molecular complexity index is 738. The van der Waals surface area contributed by atoms with E-state index in [0.29, 0.717) is 10.8 Å². The first-order chi connectivity index (χ1) is 10.2. The molecule has 3 rings (SSSR count). The molecule has 0 aliphatic heterocycles. The fraction of sp³-hybridized carbons (Fsp3) is 0.0667. The number of benzene rings is 2. The summed E-state index contributed by atoms with van der Waals surface area (Å²) in [6, 6.07) is 14.6. The Labute approximate surface area is 134 Å². The van der Waals surface area contributed by atoms with Crippen molar-refractivity contribution in [3.63, 3.8) is 0 Å². The van der Waals surface area contributed by atoms with Gasteiger partial charge in [-0.3, -0.25) is 4.79 Å². The molecule has 2 aromatic carbocycles. The predicted molar refractivity (Wildman–Crippen MR) is 87.4 cm³/mol. The van der Waals surface area contributed by atoms with Crippen molar-refractivity contribution in [1.82, 2.24) is 4.98 Å². The number of nitrogens with zero attached hydrogens (tertiary/aromatic N) is 1. The van der Waals surface area contributed by atoms with Gasteiger partial charge in [0.2, 0.25) is 0 Å². The maximum atomic E-state index is 11.8. The van der Waals surface area contributed by atoms with Gasteiger partial charge in [-0.1, -0.05) is 35.5 Å². The number of hydrogen-bond acceptors (Lipinski definition) is 5. The van der Waals surface area contributed by atoms with Crippen molar-refractivity contribution < 1.29 is 9.53 Å². The zero-order valence-corrected chi connectivity index (χ0v) is 13.2. The van der Waals surface area contributed by atoms with Gasteiger partial charge in [0, 0.05) is 5.02 Å². The minimum atomic E-state index is -0.304. The Balaban J connectivity index is 1.59. The van der Waals surface area contributed by atoms with Crippen LogP contribution in [-0.2, 0) is 4.79 Å². The topological polar surface area (TPSA) is 39.2 Å². The van der Waals surface area contributed by atoms with Crippen molar-refractivity contribution in [2.24, 2.45) is 0 Å². The molecule has 0 N–H and O–H groups in total. The Morgan fingerprint density at radius 3 is 2.71 bits per heavy atom. The predicted octanol–water partition coefficient (Wildman–Crippen LogP) is 4.65. The molecule has 0 spiro atoms. The maximum Gasteiger partial charge on any atom is 0.321 e. The molecule has 0 amide bonds. The van der Waals surface area contributed by atoms with Crippen LogP contribution in [0.1, 0.15) is 0 Å². The van der Waals surface area contributed by atoms with Crippen LogP contribution in [0.3, 0.4) is 0 Å². The van der Waals surface area contributed by atoms with E-state index >= 15 is 0 Å². The number of thioether (sulfide) groups is 1. The Morgan fingerprint density at radius 1 is 1.19 bits per heavy atom.